The Morgan fingerprint density at radius 2 is 2.00 bits per heavy atom. The average Bonchev–Trinajstić information content (AvgIpc) is 2.43. The lowest BCUT2D eigenvalue weighted by Gasteiger charge is -2.10. The fraction of sp³-hybridized carbons (Fsp3) is 0.133. The van der Waals surface area contributed by atoms with E-state index in [4.69, 9.17) is 10.5 Å². The van der Waals surface area contributed by atoms with Gasteiger partial charge in [0.1, 0.15) is 12.0 Å². The Morgan fingerprint density at radius 3 is 2.55 bits per heavy atom. The molecule has 0 atom stereocenters. The number of rotatable bonds is 4. The number of pyridine rings is 1. The number of carbonyl (C=O) groups is 2. The Balaban J connectivity index is 2.28. The summed E-state index contributed by atoms with van der Waals surface area (Å²) in [5, 5.41) is 0. The Kier molecular flexibility index (Phi) is 3.79. The summed E-state index contributed by atoms with van der Waals surface area (Å²) < 4.78 is 5.65. The molecule has 1 aromatic carbocycles. The molecule has 0 aliphatic rings. The van der Waals surface area contributed by atoms with Crippen LogP contribution >= 0.6 is 0 Å². The van der Waals surface area contributed by atoms with E-state index in [0.717, 1.165) is 17.4 Å². The molecule has 0 aliphatic carbocycles. The predicted octanol–water partition coefficient (Wildman–Crippen LogP) is 2.40. The Labute approximate surface area is 116 Å². The number of amides is 1. The molecule has 0 saturated carbocycles. The first-order chi connectivity index (χ1) is 9.51. The summed E-state index contributed by atoms with van der Waals surface area (Å²) in [7, 11) is 0. The van der Waals surface area contributed by atoms with Crippen molar-refractivity contribution in [2.75, 3.05) is 0 Å². The Morgan fingerprint density at radius 1 is 1.25 bits per heavy atom. The SMILES string of the molecule is Cc1cc(Oc2ccc(C(N)=O)cn2)c(C)cc1C=O. The smallest absolute Gasteiger partial charge is 0.250 e. The lowest BCUT2D eigenvalue weighted by Crippen LogP contribution is -2.10. The van der Waals surface area contributed by atoms with E-state index in [0.29, 0.717) is 22.8 Å². The zero-order valence-corrected chi connectivity index (χ0v) is 11.2. The number of ether oxygens (including phenoxy) is 1. The number of nitrogens with two attached hydrogens (primary N) is 1. The van der Waals surface area contributed by atoms with E-state index in [9.17, 15) is 9.59 Å². The third kappa shape index (κ3) is 2.83. The van der Waals surface area contributed by atoms with E-state index in [2.05, 4.69) is 4.98 Å². The number of primary amides is 1. The van der Waals surface area contributed by atoms with Crippen LogP contribution in [0.25, 0.3) is 0 Å². The van der Waals surface area contributed by atoms with Crippen LogP contribution in [0.15, 0.2) is 30.5 Å². The second kappa shape index (κ2) is 5.52. The van der Waals surface area contributed by atoms with Crippen molar-refractivity contribution in [3.8, 4) is 11.6 Å². The number of aryl methyl sites for hydroxylation is 2. The third-order valence-corrected chi connectivity index (χ3v) is 2.93. The van der Waals surface area contributed by atoms with Crippen molar-refractivity contribution in [2.24, 2.45) is 5.73 Å². The van der Waals surface area contributed by atoms with Crippen LogP contribution < -0.4 is 10.5 Å². The van der Waals surface area contributed by atoms with Gasteiger partial charge in [0.25, 0.3) is 0 Å². The van der Waals surface area contributed by atoms with E-state index in [1.165, 1.54) is 6.20 Å². The monoisotopic (exact) mass is 270 g/mol. The summed E-state index contributed by atoms with van der Waals surface area (Å²) in [6.45, 7) is 3.68. The van der Waals surface area contributed by atoms with Crippen LogP contribution in [-0.2, 0) is 0 Å². The summed E-state index contributed by atoms with van der Waals surface area (Å²) in [6, 6.07) is 6.66. The standard InChI is InChI=1S/C15H14N2O3/c1-9-6-13(10(2)5-12(9)8-18)20-14-4-3-11(7-17-14)15(16)19/h3-8H,1-2H3,(H2,16,19). The van der Waals surface area contributed by atoms with Crippen LogP contribution in [0.1, 0.15) is 31.8 Å². The highest BCUT2D eigenvalue weighted by atomic mass is 16.5. The van der Waals surface area contributed by atoms with E-state index in [1.54, 1.807) is 24.3 Å². The molecule has 5 heteroatoms. The van der Waals surface area contributed by atoms with Crippen LogP contribution in [0.3, 0.4) is 0 Å². The molecule has 2 N–H and O–H groups in total. The fourth-order valence-electron chi connectivity index (χ4n) is 1.75. The van der Waals surface area contributed by atoms with Gasteiger partial charge in [0.2, 0.25) is 11.8 Å². The van der Waals surface area contributed by atoms with E-state index >= 15 is 0 Å². The minimum atomic E-state index is -0.536. The number of carbonyl (C=O) groups excluding carboxylic acids is 2. The Bertz CT molecular complexity index is 664. The van der Waals surface area contributed by atoms with Gasteiger partial charge in [-0.05, 0) is 43.2 Å². The molecule has 0 spiro atoms. The minimum Gasteiger partial charge on any atom is -0.439 e. The maximum atomic E-state index is 10.9. The second-order valence-electron chi connectivity index (χ2n) is 4.44. The minimum absolute atomic E-state index is 0.321. The average molecular weight is 270 g/mol. The van der Waals surface area contributed by atoms with Crippen molar-refractivity contribution in [2.45, 2.75) is 13.8 Å². The number of aldehydes is 1. The van der Waals surface area contributed by atoms with E-state index in [1.807, 2.05) is 13.8 Å². The first-order valence-electron chi connectivity index (χ1n) is 6.01. The molecule has 0 aliphatic heterocycles. The number of nitrogens with zero attached hydrogens (tertiary/aromatic N) is 1. The van der Waals surface area contributed by atoms with Gasteiger partial charge in [0, 0.05) is 17.8 Å². The van der Waals surface area contributed by atoms with Gasteiger partial charge >= 0.3 is 0 Å². The molecule has 102 valence electrons. The molecule has 0 radical (unpaired) electrons. The summed E-state index contributed by atoms with van der Waals surface area (Å²) in [4.78, 5) is 25.8. The lowest BCUT2D eigenvalue weighted by molar-refractivity contribution is 0.0999. The molecule has 20 heavy (non-hydrogen) atoms. The summed E-state index contributed by atoms with van der Waals surface area (Å²) >= 11 is 0. The molecule has 2 rings (SSSR count). The maximum Gasteiger partial charge on any atom is 0.250 e. The van der Waals surface area contributed by atoms with Crippen LogP contribution in [0.2, 0.25) is 0 Å². The van der Waals surface area contributed by atoms with Gasteiger partial charge < -0.3 is 10.5 Å². The largest absolute Gasteiger partial charge is 0.439 e. The van der Waals surface area contributed by atoms with Crippen molar-refractivity contribution >= 4 is 12.2 Å². The summed E-state index contributed by atoms with van der Waals surface area (Å²) in [6.07, 6.45) is 2.17. The molecule has 1 amide bonds. The summed E-state index contributed by atoms with van der Waals surface area (Å²) in [5.41, 5.74) is 7.75. The molecule has 1 aromatic heterocycles. The predicted molar refractivity (Wildman–Crippen MR) is 74.1 cm³/mol. The highest BCUT2D eigenvalue weighted by Crippen LogP contribution is 2.26. The van der Waals surface area contributed by atoms with Crippen molar-refractivity contribution in [3.63, 3.8) is 0 Å². The first kappa shape index (κ1) is 13.7. The number of benzene rings is 1. The number of hydrogen-bond acceptors (Lipinski definition) is 4. The molecule has 0 unspecified atom stereocenters. The fourth-order valence-corrected chi connectivity index (χ4v) is 1.75. The van der Waals surface area contributed by atoms with Crippen LogP contribution in [0, 0.1) is 13.8 Å². The van der Waals surface area contributed by atoms with Gasteiger partial charge in [0.15, 0.2) is 0 Å². The highest BCUT2D eigenvalue weighted by molar-refractivity contribution is 5.92. The first-order valence-corrected chi connectivity index (χ1v) is 6.01. The normalized spacial score (nSPS) is 10.1. The molecule has 2 aromatic rings. The third-order valence-electron chi connectivity index (χ3n) is 2.93. The zero-order valence-electron chi connectivity index (χ0n) is 11.2. The van der Waals surface area contributed by atoms with E-state index < -0.39 is 5.91 Å². The topological polar surface area (TPSA) is 82.3 Å². The van der Waals surface area contributed by atoms with Crippen LogP contribution in [0.5, 0.6) is 11.6 Å². The van der Waals surface area contributed by atoms with Crippen molar-refractivity contribution < 1.29 is 14.3 Å². The second-order valence-corrected chi connectivity index (χ2v) is 4.44. The molecule has 1 heterocycles. The van der Waals surface area contributed by atoms with Crippen LogP contribution in [-0.4, -0.2) is 17.2 Å². The molecular weight excluding hydrogens is 256 g/mol. The van der Waals surface area contributed by atoms with Crippen LogP contribution in [0.4, 0.5) is 0 Å². The van der Waals surface area contributed by atoms with Gasteiger partial charge in [-0.2, -0.15) is 0 Å². The number of aromatic nitrogens is 1. The van der Waals surface area contributed by atoms with Crippen molar-refractivity contribution in [1.82, 2.24) is 4.98 Å². The zero-order chi connectivity index (χ0) is 14.7. The quantitative estimate of drug-likeness (QED) is 0.865. The molecule has 5 nitrogen and oxygen atoms in total. The van der Waals surface area contributed by atoms with Crippen molar-refractivity contribution in [1.29, 1.82) is 0 Å². The lowest BCUT2D eigenvalue weighted by atomic mass is 10.1. The van der Waals surface area contributed by atoms with Gasteiger partial charge in [-0.25, -0.2) is 4.98 Å². The molecule has 0 fully saturated rings. The van der Waals surface area contributed by atoms with Gasteiger partial charge in [-0.3, -0.25) is 9.59 Å². The highest BCUT2D eigenvalue weighted by Gasteiger charge is 2.08. The molecule has 0 saturated heterocycles. The molecular formula is C15H14N2O3. The summed E-state index contributed by atoms with van der Waals surface area (Å²) in [5.74, 6) is 0.440. The Hall–Kier alpha value is -2.69. The molecule has 0 bridgehead atoms. The van der Waals surface area contributed by atoms with Crippen molar-refractivity contribution in [3.05, 3.63) is 52.7 Å². The number of hydrogen-bond donors (Lipinski definition) is 1. The van der Waals surface area contributed by atoms with Gasteiger partial charge in [-0.15, -0.1) is 0 Å². The maximum absolute atomic E-state index is 10.9. The van der Waals surface area contributed by atoms with E-state index in [-0.39, 0.29) is 0 Å². The van der Waals surface area contributed by atoms with Gasteiger partial charge in [0.05, 0.1) is 5.56 Å². The van der Waals surface area contributed by atoms with Gasteiger partial charge in [-0.1, -0.05) is 0 Å².